The molecular weight excluding hydrogens is 438 g/mol. The molecule has 2 aromatic heterocycles. The molecule has 29 heavy (non-hydrogen) atoms. The van der Waals surface area contributed by atoms with E-state index in [1.165, 1.54) is 7.11 Å². The number of methoxy groups -OCH3 is 1. The summed E-state index contributed by atoms with van der Waals surface area (Å²) in [4.78, 5) is 24.6. The second-order valence-corrected chi connectivity index (χ2v) is 7.46. The van der Waals surface area contributed by atoms with Crippen molar-refractivity contribution < 1.29 is 14.3 Å². The molecule has 2 heterocycles. The van der Waals surface area contributed by atoms with Crippen molar-refractivity contribution in [2.75, 3.05) is 12.4 Å². The van der Waals surface area contributed by atoms with Gasteiger partial charge >= 0.3 is 5.97 Å². The lowest BCUT2D eigenvalue weighted by atomic mass is 10.1. The van der Waals surface area contributed by atoms with Crippen molar-refractivity contribution in [1.82, 2.24) is 19.6 Å². The van der Waals surface area contributed by atoms with Crippen molar-refractivity contribution in [3.8, 4) is 0 Å². The molecule has 0 radical (unpaired) electrons. The third-order valence-corrected chi connectivity index (χ3v) is 5.79. The molecule has 0 saturated heterocycles. The predicted octanol–water partition coefficient (Wildman–Crippen LogP) is 3.49. The lowest BCUT2D eigenvalue weighted by molar-refractivity contribution is -0.119. The van der Waals surface area contributed by atoms with Crippen molar-refractivity contribution in [2.45, 2.75) is 33.4 Å². The summed E-state index contributed by atoms with van der Waals surface area (Å²) < 4.78 is 9.06. The van der Waals surface area contributed by atoms with E-state index in [1.54, 1.807) is 40.8 Å². The van der Waals surface area contributed by atoms with Gasteiger partial charge in [-0.15, -0.1) is 0 Å². The summed E-state index contributed by atoms with van der Waals surface area (Å²) in [5.41, 5.74) is 3.55. The fraction of sp³-hybridized carbons (Fsp3) is 0.300. The van der Waals surface area contributed by atoms with E-state index in [9.17, 15) is 9.59 Å². The van der Waals surface area contributed by atoms with E-state index in [0.717, 1.165) is 21.4 Å². The summed E-state index contributed by atoms with van der Waals surface area (Å²) in [6, 6.07) is 6.70. The number of benzene rings is 1. The summed E-state index contributed by atoms with van der Waals surface area (Å²) in [5.74, 6) is -0.594. The molecule has 1 aromatic carbocycles. The summed E-state index contributed by atoms with van der Waals surface area (Å²) >= 11 is 3.48. The zero-order chi connectivity index (χ0) is 21.1. The fourth-order valence-electron chi connectivity index (χ4n) is 3.03. The minimum Gasteiger partial charge on any atom is -0.465 e. The number of carbonyl (C=O) groups excluding carboxylic acids is 2. The number of aryl methyl sites for hydroxylation is 1. The minimum absolute atomic E-state index is 0.197. The lowest BCUT2D eigenvalue weighted by Crippen LogP contribution is -2.25. The number of esters is 1. The molecule has 1 atom stereocenters. The van der Waals surface area contributed by atoms with Crippen molar-refractivity contribution in [3.05, 3.63) is 63.6 Å². The Morgan fingerprint density at radius 3 is 2.66 bits per heavy atom. The maximum atomic E-state index is 12.7. The van der Waals surface area contributed by atoms with Crippen molar-refractivity contribution >= 4 is 33.5 Å². The van der Waals surface area contributed by atoms with E-state index >= 15 is 0 Å². The number of hydrogen-bond donors (Lipinski definition) is 1. The lowest BCUT2D eigenvalue weighted by Gasteiger charge is -2.13. The molecule has 1 N–H and O–H groups in total. The molecule has 152 valence electrons. The molecule has 9 heteroatoms. The zero-order valence-corrected chi connectivity index (χ0v) is 18.2. The maximum absolute atomic E-state index is 12.7. The highest BCUT2D eigenvalue weighted by Gasteiger charge is 2.21. The number of ether oxygens (including phenoxy) is 1. The first-order chi connectivity index (χ1) is 13.8. The highest BCUT2D eigenvalue weighted by atomic mass is 79.9. The van der Waals surface area contributed by atoms with Crippen LogP contribution in [-0.2, 0) is 16.1 Å². The quantitative estimate of drug-likeness (QED) is 0.569. The largest absolute Gasteiger partial charge is 0.465 e. The van der Waals surface area contributed by atoms with Crippen molar-refractivity contribution in [2.24, 2.45) is 0 Å². The van der Waals surface area contributed by atoms with Crippen LogP contribution in [0.2, 0.25) is 0 Å². The summed E-state index contributed by atoms with van der Waals surface area (Å²) in [6.45, 7) is 5.96. The van der Waals surface area contributed by atoms with Gasteiger partial charge < -0.3 is 10.1 Å². The molecule has 0 aliphatic rings. The number of carbonyl (C=O) groups is 2. The van der Waals surface area contributed by atoms with Gasteiger partial charge in [0.2, 0.25) is 5.91 Å². The smallest absolute Gasteiger partial charge is 0.338 e. The van der Waals surface area contributed by atoms with Gasteiger partial charge in [-0.05, 0) is 48.3 Å². The number of hydrogen-bond acceptors (Lipinski definition) is 5. The van der Waals surface area contributed by atoms with Crippen LogP contribution in [0.1, 0.15) is 40.3 Å². The second-order valence-electron chi connectivity index (χ2n) is 6.67. The van der Waals surface area contributed by atoms with Gasteiger partial charge in [0.1, 0.15) is 6.04 Å². The highest BCUT2D eigenvalue weighted by Crippen LogP contribution is 2.23. The molecular formula is C20H22BrN5O3. The van der Waals surface area contributed by atoms with Crippen LogP contribution in [0.3, 0.4) is 0 Å². The molecule has 3 aromatic rings. The third kappa shape index (κ3) is 4.40. The van der Waals surface area contributed by atoms with E-state index < -0.39 is 12.0 Å². The van der Waals surface area contributed by atoms with Gasteiger partial charge in [0.15, 0.2) is 0 Å². The standard InChI is InChI=1S/C20H22BrN5O3/c1-12-18(21)13(2)26(24-12)14(3)19(27)23-16-9-22-25(11-16)10-15-7-5-6-8-17(15)20(28)29-4/h5-9,11,14H,10H2,1-4H3,(H,23,27). The van der Waals surface area contributed by atoms with Gasteiger partial charge in [-0.25, -0.2) is 4.79 Å². The molecule has 3 rings (SSSR count). The van der Waals surface area contributed by atoms with Crippen LogP contribution in [0.15, 0.2) is 41.1 Å². The predicted molar refractivity (Wildman–Crippen MR) is 112 cm³/mol. The first-order valence-corrected chi connectivity index (χ1v) is 9.81. The zero-order valence-electron chi connectivity index (χ0n) is 16.6. The van der Waals surface area contributed by atoms with Gasteiger partial charge in [0, 0.05) is 6.20 Å². The van der Waals surface area contributed by atoms with Gasteiger partial charge in [-0.1, -0.05) is 18.2 Å². The van der Waals surface area contributed by atoms with E-state index in [-0.39, 0.29) is 5.91 Å². The Kier molecular flexibility index (Phi) is 6.17. The number of anilines is 1. The number of aromatic nitrogens is 4. The molecule has 0 fully saturated rings. The van der Waals surface area contributed by atoms with Crippen molar-refractivity contribution in [1.29, 1.82) is 0 Å². The van der Waals surface area contributed by atoms with Crippen LogP contribution < -0.4 is 5.32 Å². The van der Waals surface area contributed by atoms with E-state index in [1.807, 2.05) is 26.0 Å². The maximum Gasteiger partial charge on any atom is 0.338 e. The first kappa shape index (κ1) is 20.8. The van der Waals surface area contributed by atoms with Gasteiger partial charge in [-0.3, -0.25) is 14.2 Å². The highest BCUT2D eigenvalue weighted by molar-refractivity contribution is 9.10. The summed E-state index contributed by atoms with van der Waals surface area (Å²) in [7, 11) is 1.35. The Hall–Kier alpha value is -2.94. The van der Waals surface area contributed by atoms with Gasteiger partial charge in [0.25, 0.3) is 0 Å². The summed E-state index contributed by atoms with van der Waals surface area (Å²) in [5, 5.41) is 11.6. The Balaban J connectivity index is 1.72. The summed E-state index contributed by atoms with van der Waals surface area (Å²) in [6.07, 6.45) is 3.29. The molecule has 0 aliphatic heterocycles. The monoisotopic (exact) mass is 459 g/mol. The van der Waals surface area contributed by atoms with E-state index in [0.29, 0.717) is 17.8 Å². The molecule has 0 saturated carbocycles. The molecule has 0 bridgehead atoms. The number of halogens is 1. The number of nitrogens with one attached hydrogen (secondary N) is 1. The number of nitrogens with zero attached hydrogens (tertiary/aromatic N) is 4. The Bertz CT molecular complexity index is 1060. The average molecular weight is 460 g/mol. The van der Waals surface area contributed by atoms with Crippen LogP contribution >= 0.6 is 15.9 Å². The number of amides is 1. The fourth-order valence-corrected chi connectivity index (χ4v) is 3.30. The first-order valence-electron chi connectivity index (χ1n) is 9.02. The average Bonchev–Trinajstić information content (AvgIpc) is 3.26. The van der Waals surface area contributed by atoms with E-state index in [4.69, 9.17) is 4.74 Å². The topological polar surface area (TPSA) is 91.0 Å². The van der Waals surface area contributed by atoms with Crippen LogP contribution in [0, 0.1) is 13.8 Å². The second kappa shape index (κ2) is 8.60. The Morgan fingerprint density at radius 2 is 2.00 bits per heavy atom. The van der Waals surface area contributed by atoms with Crippen LogP contribution in [0.25, 0.3) is 0 Å². The molecule has 1 amide bonds. The normalized spacial score (nSPS) is 11.9. The molecule has 8 nitrogen and oxygen atoms in total. The molecule has 1 unspecified atom stereocenters. The van der Waals surface area contributed by atoms with Crippen LogP contribution in [0.5, 0.6) is 0 Å². The van der Waals surface area contributed by atoms with Crippen molar-refractivity contribution in [3.63, 3.8) is 0 Å². The molecule has 0 aliphatic carbocycles. The SMILES string of the molecule is COC(=O)c1ccccc1Cn1cc(NC(=O)C(C)n2nc(C)c(Br)c2C)cn1. The number of rotatable bonds is 6. The van der Waals surface area contributed by atoms with Crippen LogP contribution in [-0.4, -0.2) is 38.5 Å². The van der Waals surface area contributed by atoms with Crippen LogP contribution in [0.4, 0.5) is 5.69 Å². The van der Waals surface area contributed by atoms with E-state index in [2.05, 4.69) is 31.4 Å². The Morgan fingerprint density at radius 1 is 1.28 bits per heavy atom. The molecule has 0 spiro atoms. The third-order valence-electron chi connectivity index (χ3n) is 4.64. The van der Waals surface area contributed by atoms with Gasteiger partial charge in [-0.2, -0.15) is 10.2 Å². The minimum atomic E-state index is -0.483. The Labute approximate surface area is 177 Å². The van der Waals surface area contributed by atoms with Gasteiger partial charge in [0.05, 0.1) is 47.0 Å².